The number of unbranched alkanes of at least 4 members (excludes halogenated alkanes) is 5. The molecule has 0 amide bonds. The number of aliphatic carboxylic acids is 1. The minimum Gasteiger partial charge on any atom is -0.481 e. The van der Waals surface area contributed by atoms with E-state index in [-0.39, 0.29) is 6.42 Å². The van der Waals surface area contributed by atoms with Crippen molar-refractivity contribution in [1.82, 2.24) is 0 Å². The molecular formula is C11H21NO2. The Labute approximate surface area is 86.2 Å². The third kappa shape index (κ3) is 11.1. The van der Waals surface area contributed by atoms with Gasteiger partial charge in [0.15, 0.2) is 0 Å². The van der Waals surface area contributed by atoms with Crippen molar-refractivity contribution in [2.24, 2.45) is 4.99 Å². The maximum Gasteiger partial charge on any atom is 0.308 e. The van der Waals surface area contributed by atoms with E-state index < -0.39 is 5.97 Å². The van der Waals surface area contributed by atoms with Crippen molar-refractivity contribution in [3.8, 4) is 0 Å². The topological polar surface area (TPSA) is 49.7 Å². The molecule has 14 heavy (non-hydrogen) atoms. The fourth-order valence-electron chi connectivity index (χ4n) is 1.22. The normalized spacial score (nSPS) is 10.9. The first-order valence-corrected chi connectivity index (χ1v) is 5.47. The van der Waals surface area contributed by atoms with Gasteiger partial charge in [0, 0.05) is 12.8 Å². The zero-order chi connectivity index (χ0) is 10.6. The Balaban J connectivity index is 3.05. The van der Waals surface area contributed by atoms with Crippen molar-refractivity contribution in [3.63, 3.8) is 0 Å². The quantitative estimate of drug-likeness (QED) is 0.458. The first-order chi connectivity index (χ1) is 6.77. The highest BCUT2D eigenvalue weighted by atomic mass is 16.4. The summed E-state index contributed by atoms with van der Waals surface area (Å²) in [6.07, 6.45) is 9.03. The van der Waals surface area contributed by atoms with E-state index in [1.165, 1.54) is 38.3 Å². The fraction of sp³-hybridized carbons (Fsp3) is 0.818. The van der Waals surface area contributed by atoms with Gasteiger partial charge in [-0.2, -0.15) is 0 Å². The summed E-state index contributed by atoms with van der Waals surface area (Å²) in [6.45, 7) is 2.98. The highest BCUT2D eigenvalue weighted by Gasteiger charge is 1.90. The molecule has 0 bridgehead atoms. The van der Waals surface area contributed by atoms with Crippen LogP contribution in [0.25, 0.3) is 0 Å². The van der Waals surface area contributed by atoms with Gasteiger partial charge in [-0.15, -0.1) is 0 Å². The monoisotopic (exact) mass is 199 g/mol. The second-order valence-corrected chi connectivity index (χ2v) is 3.45. The van der Waals surface area contributed by atoms with Crippen LogP contribution in [0.4, 0.5) is 0 Å². The molecule has 0 aliphatic heterocycles. The van der Waals surface area contributed by atoms with Gasteiger partial charge in [-0.25, -0.2) is 0 Å². The van der Waals surface area contributed by atoms with E-state index in [9.17, 15) is 4.79 Å². The molecule has 0 aromatic rings. The van der Waals surface area contributed by atoms with Crippen LogP contribution in [0.5, 0.6) is 0 Å². The maximum atomic E-state index is 10.1. The molecule has 0 spiro atoms. The molecule has 0 radical (unpaired) electrons. The van der Waals surface area contributed by atoms with E-state index in [1.807, 2.05) is 0 Å². The number of carboxylic acid groups (broad SMARTS) is 1. The standard InChI is InChI=1S/C11H21NO2/c1-2-3-4-5-6-7-9-12-10-8-11(13)14/h10H,2-9H2,1H3,(H,13,14). The van der Waals surface area contributed by atoms with Gasteiger partial charge in [-0.3, -0.25) is 9.79 Å². The van der Waals surface area contributed by atoms with Gasteiger partial charge in [-0.05, 0) is 6.42 Å². The number of hydrogen-bond acceptors (Lipinski definition) is 2. The molecule has 3 heteroatoms. The molecule has 0 fully saturated rings. The van der Waals surface area contributed by atoms with Crippen molar-refractivity contribution in [1.29, 1.82) is 0 Å². The van der Waals surface area contributed by atoms with Crippen molar-refractivity contribution >= 4 is 12.2 Å². The number of aliphatic imine (C=N–C) groups is 1. The minimum atomic E-state index is -0.809. The van der Waals surface area contributed by atoms with Gasteiger partial charge >= 0.3 is 5.97 Å². The third-order valence-corrected chi connectivity index (χ3v) is 2.04. The molecule has 0 unspecified atom stereocenters. The minimum absolute atomic E-state index is 0.0514. The highest BCUT2D eigenvalue weighted by Crippen LogP contribution is 2.04. The van der Waals surface area contributed by atoms with Crippen molar-refractivity contribution in [2.45, 2.75) is 51.9 Å². The Morgan fingerprint density at radius 3 is 2.50 bits per heavy atom. The Hall–Kier alpha value is -0.860. The van der Waals surface area contributed by atoms with Crippen LogP contribution < -0.4 is 0 Å². The number of carboxylic acids is 1. The molecule has 0 saturated carbocycles. The molecule has 0 rings (SSSR count). The van der Waals surface area contributed by atoms with Gasteiger partial charge in [0.05, 0.1) is 6.42 Å². The Kier molecular flexibility index (Phi) is 9.59. The number of rotatable bonds is 9. The van der Waals surface area contributed by atoms with Crippen LogP contribution in [0.15, 0.2) is 4.99 Å². The lowest BCUT2D eigenvalue weighted by molar-refractivity contribution is -0.135. The number of carbonyl (C=O) groups is 1. The molecule has 0 heterocycles. The summed E-state index contributed by atoms with van der Waals surface area (Å²) in [5.41, 5.74) is 0. The smallest absolute Gasteiger partial charge is 0.308 e. The summed E-state index contributed by atoms with van der Waals surface area (Å²) in [4.78, 5) is 14.1. The fourth-order valence-corrected chi connectivity index (χ4v) is 1.22. The van der Waals surface area contributed by atoms with Crippen molar-refractivity contribution in [3.05, 3.63) is 0 Å². The van der Waals surface area contributed by atoms with Gasteiger partial charge < -0.3 is 5.11 Å². The van der Waals surface area contributed by atoms with Crippen LogP contribution >= 0.6 is 0 Å². The molecule has 0 aliphatic carbocycles. The lowest BCUT2D eigenvalue weighted by Crippen LogP contribution is -1.94. The van der Waals surface area contributed by atoms with Gasteiger partial charge in [0.1, 0.15) is 0 Å². The van der Waals surface area contributed by atoms with Crippen LogP contribution in [-0.2, 0) is 4.79 Å². The summed E-state index contributed by atoms with van der Waals surface area (Å²) < 4.78 is 0. The van der Waals surface area contributed by atoms with E-state index >= 15 is 0 Å². The van der Waals surface area contributed by atoms with Crippen LogP contribution in [0.1, 0.15) is 51.9 Å². The first-order valence-electron chi connectivity index (χ1n) is 5.47. The van der Waals surface area contributed by atoms with E-state index in [1.54, 1.807) is 0 Å². The van der Waals surface area contributed by atoms with E-state index in [4.69, 9.17) is 5.11 Å². The molecule has 0 aromatic carbocycles. The SMILES string of the molecule is CCCCCCCCN=CCC(=O)O. The molecule has 0 aliphatic rings. The number of nitrogens with zero attached hydrogens (tertiary/aromatic N) is 1. The predicted molar refractivity (Wildman–Crippen MR) is 59.0 cm³/mol. The van der Waals surface area contributed by atoms with Crippen LogP contribution in [0.2, 0.25) is 0 Å². The highest BCUT2D eigenvalue weighted by molar-refractivity contribution is 5.84. The summed E-state index contributed by atoms with van der Waals surface area (Å²) in [6, 6.07) is 0. The average Bonchev–Trinajstić information content (AvgIpc) is 2.15. The van der Waals surface area contributed by atoms with Crippen molar-refractivity contribution < 1.29 is 9.90 Å². The molecule has 0 aromatic heterocycles. The summed E-state index contributed by atoms with van der Waals surface area (Å²) in [5.74, 6) is -0.809. The average molecular weight is 199 g/mol. The molecule has 0 atom stereocenters. The van der Waals surface area contributed by atoms with Gasteiger partial charge in [-0.1, -0.05) is 39.0 Å². The molecule has 1 N–H and O–H groups in total. The molecule has 0 saturated heterocycles. The summed E-state index contributed by atoms with van der Waals surface area (Å²) >= 11 is 0. The van der Waals surface area contributed by atoms with E-state index in [2.05, 4.69) is 11.9 Å². The van der Waals surface area contributed by atoms with Crippen LogP contribution in [0, 0.1) is 0 Å². The van der Waals surface area contributed by atoms with Crippen LogP contribution in [-0.4, -0.2) is 23.8 Å². The zero-order valence-electron chi connectivity index (χ0n) is 9.04. The molecule has 3 nitrogen and oxygen atoms in total. The van der Waals surface area contributed by atoms with Crippen LogP contribution in [0.3, 0.4) is 0 Å². The Morgan fingerprint density at radius 1 is 1.21 bits per heavy atom. The first kappa shape index (κ1) is 13.1. The van der Waals surface area contributed by atoms with Gasteiger partial charge in [0.25, 0.3) is 0 Å². The Morgan fingerprint density at radius 2 is 1.86 bits per heavy atom. The Bertz CT molecular complexity index is 167. The lowest BCUT2D eigenvalue weighted by Gasteiger charge is -1.97. The van der Waals surface area contributed by atoms with Crippen molar-refractivity contribution in [2.75, 3.05) is 6.54 Å². The molecule has 82 valence electrons. The van der Waals surface area contributed by atoms with E-state index in [0.717, 1.165) is 13.0 Å². The lowest BCUT2D eigenvalue weighted by atomic mass is 10.1. The second kappa shape index (κ2) is 10.2. The predicted octanol–water partition coefficient (Wildman–Crippen LogP) is 2.89. The second-order valence-electron chi connectivity index (χ2n) is 3.45. The maximum absolute atomic E-state index is 10.1. The largest absolute Gasteiger partial charge is 0.481 e. The molecular weight excluding hydrogens is 178 g/mol. The summed E-state index contributed by atoms with van der Waals surface area (Å²) in [5, 5.41) is 8.32. The zero-order valence-corrected chi connectivity index (χ0v) is 9.04. The van der Waals surface area contributed by atoms with Gasteiger partial charge in [0.2, 0.25) is 0 Å². The van der Waals surface area contributed by atoms with E-state index in [0.29, 0.717) is 0 Å². The number of hydrogen-bond donors (Lipinski definition) is 1. The third-order valence-electron chi connectivity index (χ3n) is 2.04. The summed E-state index contributed by atoms with van der Waals surface area (Å²) in [7, 11) is 0.